The van der Waals surface area contributed by atoms with Crippen LogP contribution in [0.5, 0.6) is 17.5 Å². The monoisotopic (exact) mass is 1240 g/mol. The van der Waals surface area contributed by atoms with Crippen LogP contribution < -0.4 is 35.3 Å². The molecule has 2 amide bonds. The van der Waals surface area contributed by atoms with Crippen LogP contribution in [0.25, 0.3) is 66.0 Å². The number of likely N-dealkylation sites (N-methyl/N-ethyl adjacent to an activating group) is 1. The van der Waals surface area contributed by atoms with Crippen molar-refractivity contribution in [1.82, 2.24) is 65.1 Å². The van der Waals surface area contributed by atoms with Crippen LogP contribution in [0.2, 0.25) is 0 Å². The summed E-state index contributed by atoms with van der Waals surface area (Å²) in [5.41, 5.74) is 7.10. The molecule has 6 N–H and O–H groups in total. The molecule has 9 aromatic rings. The van der Waals surface area contributed by atoms with Crippen LogP contribution >= 0.6 is 0 Å². The van der Waals surface area contributed by atoms with Crippen LogP contribution in [0, 0.1) is 18.7 Å². The second-order valence-corrected chi connectivity index (χ2v) is 25.7. The number of benzene rings is 4. The predicted octanol–water partition coefficient (Wildman–Crippen LogP) is 7.21. The summed E-state index contributed by atoms with van der Waals surface area (Å²) in [6.45, 7) is 11.3. The minimum absolute atomic E-state index is 0.0196. The zero-order valence-electron chi connectivity index (χ0n) is 52.0. The first-order valence-corrected chi connectivity index (χ1v) is 31.9. The van der Waals surface area contributed by atoms with Crippen LogP contribution in [0.3, 0.4) is 0 Å². The molecule has 2 bridgehead atoms. The standard InChI is InChI=1S/C67H77FN14O9/c1-7-81-54(14-17-71-81)39-11-13-45(56(23-39)89-21-18-78(5)6)53(33-83)73-64(85)55-25-42(84)31-80(55)66(87)61(35(2)3)82-32-49-44-12-8-37(22-51(44)72-65(86)60(49)77-82)34-90-62-58(57-36(4)50(68)27-52-48(57)29-70-76-52)46(38-9-10-38)26-47-59(62)74-67(91-43-15-19-88-20-16-43)75-63(47)79-30-40-24-41(79)28-69-40/h8,11-14,17,22-23,26-27,29,32,35,38,40-43,53,55,61,69,83-84H,7,9-10,15-16,18-21,24-25,28,30-31,33-34H2,1-6H3,(H,70,76)(H,72,86)(H,73,85)/t40-,41-,42+,53-,55-,61-/m0/s1. The molecule has 476 valence electrons. The lowest BCUT2D eigenvalue weighted by Gasteiger charge is -2.31. The molecule has 4 aliphatic heterocycles. The van der Waals surface area contributed by atoms with Gasteiger partial charge in [-0.25, -0.2) is 4.39 Å². The number of rotatable bonds is 21. The molecule has 4 aromatic carbocycles. The van der Waals surface area contributed by atoms with Crippen molar-refractivity contribution in [3.8, 4) is 39.9 Å². The molecule has 5 aliphatic rings. The van der Waals surface area contributed by atoms with E-state index in [9.17, 15) is 19.8 Å². The highest BCUT2D eigenvalue weighted by molar-refractivity contribution is 6.07. The van der Waals surface area contributed by atoms with Crippen LogP contribution in [0.1, 0.15) is 99.6 Å². The van der Waals surface area contributed by atoms with Gasteiger partial charge < -0.3 is 59.5 Å². The van der Waals surface area contributed by atoms with E-state index >= 15 is 9.18 Å². The SMILES string of the molecule is CCn1nccc1-c1ccc([C@H](CO)NC(=O)[C@@H]2C[C@@H](O)CN2C(=O)[C@H](C(C)C)n2cc3c(n2)c(=O)[nH]c2cc(COc4c(-c5c(C)c(F)cc6[nH]ncc56)c(C5CC5)cc5c(N6C[C@@H]7C[C@H]6CN7)nc(OC6CCOCC6)nc45)ccc23)c(OCCN(C)C)c1. The van der Waals surface area contributed by atoms with Gasteiger partial charge in [-0.15, -0.1) is 0 Å². The van der Waals surface area contributed by atoms with E-state index in [4.69, 9.17) is 34.0 Å². The summed E-state index contributed by atoms with van der Waals surface area (Å²) in [5, 5.41) is 48.0. The largest absolute Gasteiger partial charge is 0.492 e. The van der Waals surface area contributed by atoms with E-state index in [1.807, 2.05) is 86.9 Å². The number of nitrogens with one attached hydrogen (secondary N) is 4. The molecular weight excluding hydrogens is 1160 g/mol. The van der Waals surface area contributed by atoms with Crippen molar-refractivity contribution in [3.05, 3.63) is 112 Å². The lowest BCUT2D eigenvalue weighted by atomic mass is 9.88. The number of nitrogens with zero attached hydrogens (tertiary/aromatic N) is 10. The Kier molecular flexibility index (Phi) is 16.2. The van der Waals surface area contributed by atoms with E-state index in [1.165, 1.54) is 15.6 Å². The molecule has 23 nitrogen and oxygen atoms in total. The third-order valence-electron chi connectivity index (χ3n) is 18.9. The molecule has 24 heteroatoms. The van der Waals surface area contributed by atoms with Gasteiger partial charge in [-0.05, 0) is 106 Å². The lowest BCUT2D eigenvalue weighted by molar-refractivity contribution is -0.142. The van der Waals surface area contributed by atoms with Gasteiger partial charge in [0.05, 0.1) is 49.4 Å². The summed E-state index contributed by atoms with van der Waals surface area (Å²) < 4.78 is 45.6. The second-order valence-electron chi connectivity index (χ2n) is 25.7. The molecule has 4 saturated heterocycles. The molecule has 1 aliphatic carbocycles. The van der Waals surface area contributed by atoms with Gasteiger partial charge in [0.15, 0.2) is 11.3 Å². The lowest BCUT2D eigenvalue weighted by Crippen LogP contribution is -2.50. The number of β-amino-alcohol motifs (C(OH)–C–C–N with tert-alkyl or cyclic N) is 1. The summed E-state index contributed by atoms with van der Waals surface area (Å²) in [6, 6.07) is 14.6. The third kappa shape index (κ3) is 11.4. The number of carbonyl (C=O) groups excluding carboxylic acids is 2. The molecule has 5 aromatic heterocycles. The third-order valence-corrected chi connectivity index (χ3v) is 18.9. The van der Waals surface area contributed by atoms with Gasteiger partial charge in [-0.1, -0.05) is 38.1 Å². The van der Waals surface area contributed by atoms with Gasteiger partial charge in [0.2, 0.25) is 11.8 Å². The molecule has 91 heavy (non-hydrogen) atoms. The summed E-state index contributed by atoms with van der Waals surface area (Å²) in [7, 11) is 3.88. The summed E-state index contributed by atoms with van der Waals surface area (Å²) >= 11 is 0. The number of hydrogen-bond acceptors (Lipinski definition) is 17. The summed E-state index contributed by atoms with van der Waals surface area (Å²) in [6.07, 6.45) is 8.23. The molecule has 9 heterocycles. The number of piperazine rings is 1. The molecular formula is C67H77FN14O9. The number of hydrogen-bond donors (Lipinski definition) is 6. The number of aliphatic hydroxyl groups is 2. The maximum absolute atomic E-state index is 16.3. The Labute approximate surface area is 524 Å². The Bertz CT molecular complexity index is 4320. The van der Waals surface area contributed by atoms with E-state index < -0.39 is 48.2 Å². The van der Waals surface area contributed by atoms with E-state index in [0.29, 0.717) is 113 Å². The molecule has 14 rings (SSSR count). The Morgan fingerprint density at radius 3 is 2.52 bits per heavy atom. The molecule has 0 unspecified atom stereocenters. The van der Waals surface area contributed by atoms with Gasteiger partial charge in [0.25, 0.3) is 5.56 Å². The number of aliphatic hydroxyl groups excluding tert-OH is 2. The Morgan fingerprint density at radius 2 is 1.77 bits per heavy atom. The van der Waals surface area contributed by atoms with Gasteiger partial charge >= 0.3 is 6.01 Å². The zero-order valence-corrected chi connectivity index (χ0v) is 52.0. The first-order valence-electron chi connectivity index (χ1n) is 31.9. The maximum Gasteiger partial charge on any atom is 0.319 e. The number of likely N-dealkylation sites (tertiary alicyclic amines) is 1. The van der Waals surface area contributed by atoms with Crippen molar-refractivity contribution in [2.75, 3.05) is 71.6 Å². The molecule has 6 atom stereocenters. The van der Waals surface area contributed by atoms with E-state index in [-0.39, 0.29) is 60.9 Å². The van der Waals surface area contributed by atoms with E-state index in [2.05, 4.69) is 41.9 Å². The van der Waals surface area contributed by atoms with E-state index in [0.717, 1.165) is 71.3 Å². The minimum Gasteiger partial charge on any atom is -0.492 e. The second kappa shape index (κ2) is 24.6. The Balaban J connectivity index is 0.783. The number of pyridine rings is 1. The number of halogens is 1. The number of fused-ring (bicyclic) bond motifs is 7. The number of ether oxygens (including phenoxy) is 4. The first kappa shape index (κ1) is 60.0. The van der Waals surface area contributed by atoms with Crippen LogP contribution in [-0.4, -0.2) is 174 Å². The topological polar surface area (TPSA) is 268 Å². The molecule has 0 radical (unpaired) electrons. The van der Waals surface area contributed by atoms with Crippen molar-refractivity contribution in [3.63, 3.8) is 0 Å². The fourth-order valence-corrected chi connectivity index (χ4v) is 14.1. The van der Waals surface area contributed by atoms with Crippen molar-refractivity contribution in [1.29, 1.82) is 0 Å². The highest BCUT2D eigenvalue weighted by atomic mass is 19.1. The number of aryl methyl sites for hydroxylation is 1. The van der Waals surface area contributed by atoms with Gasteiger partial charge in [-0.2, -0.15) is 25.3 Å². The number of aromatic amines is 2. The normalized spacial score (nSPS) is 20.1. The van der Waals surface area contributed by atoms with Crippen LogP contribution in [0.15, 0.2) is 78.0 Å². The molecule has 5 fully saturated rings. The zero-order chi connectivity index (χ0) is 62.9. The quantitative estimate of drug-likeness (QED) is 0.0415. The number of anilines is 1. The fourth-order valence-electron chi connectivity index (χ4n) is 14.1. The van der Waals surface area contributed by atoms with Crippen molar-refractivity contribution >= 4 is 61.2 Å². The smallest absolute Gasteiger partial charge is 0.319 e. The van der Waals surface area contributed by atoms with Crippen LogP contribution in [0.4, 0.5) is 10.2 Å². The average Bonchev–Trinajstić information content (AvgIpc) is 1.72. The first-order chi connectivity index (χ1) is 44.1. The highest BCUT2D eigenvalue weighted by Gasteiger charge is 2.44. The van der Waals surface area contributed by atoms with Crippen LogP contribution in [-0.2, 0) is 27.5 Å². The van der Waals surface area contributed by atoms with Crippen molar-refractivity contribution in [2.45, 2.75) is 128 Å². The predicted molar refractivity (Wildman–Crippen MR) is 341 cm³/mol. The van der Waals surface area contributed by atoms with Crippen molar-refractivity contribution < 1.29 is 43.1 Å². The maximum atomic E-state index is 16.3. The minimum atomic E-state index is -1.10. The Hall–Kier alpha value is -8.55. The number of amides is 2. The number of aromatic nitrogens is 9. The highest BCUT2D eigenvalue weighted by Crippen LogP contribution is 2.54. The van der Waals surface area contributed by atoms with Crippen molar-refractivity contribution in [2.24, 2.45) is 5.92 Å². The average molecular weight is 1240 g/mol. The molecule has 1 saturated carbocycles. The van der Waals surface area contributed by atoms with Gasteiger partial charge in [0, 0.05) is 126 Å². The van der Waals surface area contributed by atoms with Gasteiger partial charge in [0.1, 0.15) is 54.3 Å². The summed E-state index contributed by atoms with van der Waals surface area (Å²) in [4.78, 5) is 63.1. The fraction of sp³-hybridized carbons (Fsp3) is 0.463. The van der Waals surface area contributed by atoms with Gasteiger partial charge in [-0.3, -0.25) is 28.8 Å². The summed E-state index contributed by atoms with van der Waals surface area (Å²) in [5.74, 6) is 0.0956. The Morgan fingerprint density at radius 1 is 0.934 bits per heavy atom. The molecule has 0 spiro atoms. The van der Waals surface area contributed by atoms with E-state index in [1.54, 1.807) is 25.5 Å². The number of H-pyrrole nitrogens is 2. The number of carbonyl (C=O) groups is 2.